The van der Waals surface area contributed by atoms with Gasteiger partial charge >= 0.3 is 5.97 Å². The van der Waals surface area contributed by atoms with Crippen LogP contribution in [0.25, 0.3) is 0 Å². The molecule has 0 spiro atoms. The molecule has 2 aromatic carbocycles. The number of aliphatic carboxylic acids is 1. The Kier molecular flexibility index (Phi) is 9.01. The minimum absolute atomic E-state index is 0.0447. The molecule has 0 unspecified atom stereocenters. The first-order valence-corrected chi connectivity index (χ1v) is 10.4. The number of benzene rings is 2. The van der Waals surface area contributed by atoms with Gasteiger partial charge in [-0.25, -0.2) is 0 Å². The van der Waals surface area contributed by atoms with Gasteiger partial charge in [0.15, 0.2) is 11.6 Å². The standard InChI is InChI=1S/C25H28O7/c1-4-5-21-23(12-10-20(17(3)26)25(21)30)32-15-16(2)14-31-19-8-6-18(7-9-19)22(27)11-13-24(28)29/h6-10,12,30H,2,4-5,11,13-15H2,1,3H3,(H,28,29). The molecule has 170 valence electrons. The fraction of sp³-hybridized carbons (Fsp3) is 0.320. The normalized spacial score (nSPS) is 10.4. The van der Waals surface area contributed by atoms with Gasteiger partial charge in [0.05, 0.1) is 12.0 Å². The number of carboxylic acid groups (broad SMARTS) is 1. The van der Waals surface area contributed by atoms with Gasteiger partial charge in [-0.1, -0.05) is 19.9 Å². The summed E-state index contributed by atoms with van der Waals surface area (Å²) >= 11 is 0. The molecule has 0 aliphatic carbocycles. The van der Waals surface area contributed by atoms with E-state index >= 15 is 0 Å². The van der Waals surface area contributed by atoms with Gasteiger partial charge in [-0.05, 0) is 55.3 Å². The maximum Gasteiger partial charge on any atom is 0.303 e. The molecule has 2 N–H and O–H groups in total. The van der Waals surface area contributed by atoms with Gasteiger partial charge in [0.1, 0.15) is 30.5 Å². The highest BCUT2D eigenvalue weighted by atomic mass is 16.5. The summed E-state index contributed by atoms with van der Waals surface area (Å²) in [5.41, 5.74) is 1.95. The number of hydrogen-bond acceptors (Lipinski definition) is 6. The molecule has 0 heterocycles. The second-order valence-corrected chi connectivity index (χ2v) is 7.41. The van der Waals surface area contributed by atoms with E-state index < -0.39 is 5.97 Å². The fourth-order valence-electron chi connectivity index (χ4n) is 3.04. The van der Waals surface area contributed by atoms with Crippen molar-refractivity contribution in [3.8, 4) is 17.2 Å². The van der Waals surface area contributed by atoms with E-state index in [1.165, 1.54) is 6.92 Å². The van der Waals surface area contributed by atoms with Crippen LogP contribution in [-0.2, 0) is 11.2 Å². The van der Waals surface area contributed by atoms with Gasteiger partial charge in [-0.15, -0.1) is 0 Å². The Morgan fingerprint density at radius 1 is 0.969 bits per heavy atom. The van der Waals surface area contributed by atoms with Gasteiger partial charge in [0.25, 0.3) is 0 Å². The topological polar surface area (TPSA) is 110 Å². The Morgan fingerprint density at radius 2 is 1.62 bits per heavy atom. The summed E-state index contributed by atoms with van der Waals surface area (Å²) in [6, 6.07) is 9.69. The third-order valence-electron chi connectivity index (χ3n) is 4.74. The number of phenolic OH excluding ortho intramolecular Hbond substituents is 1. The molecule has 0 amide bonds. The molecule has 0 fully saturated rings. The Hall–Kier alpha value is -3.61. The van der Waals surface area contributed by atoms with Gasteiger partial charge in [0.2, 0.25) is 0 Å². The smallest absolute Gasteiger partial charge is 0.303 e. The Labute approximate surface area is 187 Å². The summed E-state index contributed by atoms with van der Waals surface area (Å²) in [5, 5.41) is 19.1. The molecule has 7 nitrogen and oxygen atoms in total. The van der Waals surface area contributed by atoms with Crippen LogP contribution >= 0.6 is 0 Å². The molecule has 7 heteroatoms. The third kappa shape index (κ3) is 6.97. The van der Waals surface area contributed by atoms with Crippen LogP contribution < -0.4 is 9.47 Å². The number of ether oxygens (including phenoxy) is 2. The average Bonchev–Trinajstić information content (AvgIpc) is 2.76. The molecule has 0 aliphatic rings. The number of carboxylic acids is 1. The SMILES string of the molecule is C=C(COc1ccc(C(=O)CCC(=O)O)cc1)COc1ccc(C(C)=O)c(O)c1CCC. The number of hydrogen-bond donors (Lipinski definition) is 2. The Bertz CT molecular complexity index is 990. The number of carbonyl (C=O) groups is 3. The second-order valence-electron chi connectivity index (χ2n) is 7.41. The predicted octanol–water partition coefficient (Wildman–Crippen LogP) is 4.61. The molecular weight excluding hydrogens is 412 g/mol. The van der Waals surface area contributed by atoms with Crippen LogP contribution in [0.15, 0.2) is 48.6 Å². The molecule has 0 aromatic heterocycles. The zero-order valence-corrected chi connectivity index (χ0v) is 18.3. The Morgan fingerprint density at radius 3 is 2.22 bits per heavy atom. The first kappa shape index (κ1) is 24.7. The number of phenols is 1. The molecule has 0 aliphatic heterocycles. The quantitative estimate of drug-likeness (QED) is 0.346. The largest absolute Gasteiger partial charge is 0.507 e. The predicted molar refractivity (Wildman–Crippen MR) is 120 cm³/mol. The second kappa shape index (κ2) is 11.7. The number of ketones is 2. The van der Waals surface area contributed by atoms with E-state index in [2.05, 4.69) is 6.58 Å². The summed E-state index contributed by atoms with van der Waals surface area (Å²) in [5.74, 6) is -0.462. The minimum atomic E-state index is -1.01. The van der Waals surface area contributed by atoms with Crippen molar-refractivity contribution in [1.82, 2.24) is 0 Å². The number of aromatic hydroxyl groups is 1. The zero-order valence-electron chi connectivity index (χ0n) is 18.3. The summed E-state index contributed by atoms with van der Waals surface area (Å²) in [6.07, 6.45) is 1.10. The van der Waals surface area contributed by atoms with Gasteiger partial charge in [-0.3, -0.25) is 14.4 Å². The lowest BCUT2D eigenvalue weighted by molar-refractivity contribution is -0.136. The first-order valence-electron chi connectivity index (χ1n) is 10.4. The number of carbonyl (C=O) groups excluding carboxylic acids is 2. The van der Waals surface area contributed by atoms with E-state index in [4.69, 9.17) is 14.6 Å². The van der Waals surface area contributed by atoms with Gasteiger partial charge < -0.3 is 19.7 Å². The molecule has 0 saturated carbocycles. The lowest BCUT2D eigenvalue weighted by Crippen LogP contribution is -2.10. The summed E-state index contributed by atoms with van der Waals surface area (Å²) < 4.78 is 11.5. The van der Waals surface area contributed by atoms with E-state index in [1.807, 2.05) is 6.92 Å². The lowest BCUT2D eigenvalue weighted by atomic mass is 10.0. The fourth-order valence-corrected chi connectivity index (χ4v) is 3.04. The van der Waals surface area contributed by atoms with Crippen molar-refractivity contribution in [1.29, 1.82) is 0 Å². The summed E-state index contributed by atoms with van der Waals surface area (Å²) in [7, 11) is 0. The summed E-state index contributed by atoms with van der Waals surface area (Å²) in [4.78, 5) is 34.2. The van der Waals surface area contributed by atoms with Crippen molar-refractivity contribution in [2.24, 2.45) is 0 Å². The van der Waals surface area contributed by atoms with Crippen LogP contribution in [0.2, 0.25) is 0 Å². The maximum absolute atomic E-state index is 11.9. The number of Topliss-reactive ketones (excluding diaryl/α,β-unsaturated/α-hetero) is 2. The zero-order chi connectivity index (χ0) is 23.7. The lowest BCUT2D eigenvalue weighted by Gasteiger charge is -2.16. The molecule has 2 aromatic rings. The monoisotopic (exact) mass is 440 g/mol. The average molecular weight is 440 g/mol. The molecule has 0 bridgehead atoms. The van der Waals surface area contributed by atoms with E-state index in [1.54, 1.807) is 36.4 Å². The van der Waals surface area contributed by atoms with Crippen LogP contribution in [0, 0.1) is 0 Å². The van der Waals surface area contributed by atoms with Gasteiger partial charge in [0, 0.05) is 17.5 Å². The van der Waals surface area contributed by atoms with Crippen LogP contribution in [-0.4, -0.2) is 41.0 Å². The van der Waals surface area contributed by atoms with E-state index in [0.717, 1.165) is 6.42 Å². The van der Waals surface area contributed by atoms with E-state index in [9.17, 15) is 19.5 Å². The Balaban J connectivity index is 1.91. The first-order chi connectivity index (χ1) is 15.2. The van der Waals surface area contributed by atoms with Crippen LogP contribution in [0.5, 0.6) is 17.2 Å². The van der Waals surface area contributed by atoms with Crippen LogP contribution in [0.3, 0.4) is 0 Å². The van der Waals surface area contributed by atoms with Crippen LogP contribution in [0.4, 0.5) is 0 Å². The van der Waals surface area contributed by atoms with Crippen molar-refractivity contribution in [3.05, 3.63) is 65.2 Å². The highest BCUT2D eigenvalue weighted by Crippen LogP contribution is 2.33. The molecule has 0 atom stereocenters. The van der Waals surface area contributed by atoms with Crippen molar-refractivity contribution in [2.75, 3.05) is 13.2 Å². The maximum atomic E-state index is 11.9. The van der Waals surface area contributed by atoms with Crippen LogP contribution in [0.1, 0.15) is 59.4 Å². The molecular formula is C25H28O7. The van der Waals surface area contributed by atoms with Gasteiger partial charge in [-0.2, -0.15) is 0 Å². The molecule has 2 rings (SSSR count). The molecule has 0 saturated heterocycles. The molecule has 32 heavy (non-hydrogen) atoms. The van der Waals surface area contributed by atoms with Crippen molar-refractivity contribution < 1.29 is 34.1 Å². The summed E-state index contributed by atoms with van der Waals surface area (Å²) in [6.45, 7) is 7.67. The van der Waals surface area contributed by atoms with Crippen molar-refractivity contribution >= 4 is 17.5 Å². The highest BCUT2D eigenvalue weighted by molar-refractivity contribution is 5.98. The third-order valence-corrected chi connectivity index (χ3v) is 4.74. The van der Waals surface area contributed by atoms with E-state index in [0.29, 0.717) is 34.6 Å². The van der Waals surface area contributed by atoms with Crippen molar-refractivity contribution in [3.63, 3.8) is 0 Å². The van der Waals surface area contributed by atoms with E-state index in [-0.39, 0.29) is 48.9 Å². The minimum Gasteiger partial charge on any atom is -0.507 e. The number of rotatable bonds is 13. The van der Waals surface area contributed by atoms with Crippen molar-refractivity contribution in [2.45, 2.75) is 39.5 Å². The molecule has 0 radical (unpaired) electrons. The highest BCUT2D eigenvalue weighted by Gasteiger charge is 2.16.